The molecule has 0 aliphatic heterocycles. The molecule has 1 aliphatic carbocycles. The summed E-state index contributed by atoms with van der Waals surface area (Å²) in [5.41, 5.74) is 3.96. The molecule has 19 heavy (non-hydrogen) atoms. The number of hydrogen-bond donors (Lipinski definition) is 0. The summed E-state index contributed by atoms with van der Waals surface area (Å²) in [6, 6.07) is 6.42. The minimum atomic E-state index is -0.483. The molecule has 0 saturated heterocycles. The monoisotopic (exact) mass is 321 g/mol. The minimum Gasteiger partial charge on any atom is -0.358 e. The molecule has 0 atom stereocenters. The van der Waals surface area contributed by atoms with Crippen molar-refractivity contribution in [2.45, 2.75) is 25.8 Å². The van der Waals surface area contributed by atoms with E-state index in [1.54, 1.807) is 10.9 Å². The maximum atomic E-state index is 10.7. The van der Waals surface area contributed by atoms with Gasteiger partial charge in [-0.25, -0.2) is 0 Å². The SMILES string of the molecule is O=[N+]([O-])c1nn(Cc2ccc3c(c2)CCC3)cc1Br. The van der Waals surface area contributed by atoms with Gasteiger partial charge in [-0.3, -0.25) is 0 Å². The quantitative estimate of drug-likeness (QED) is 0.644. The molecule has 3 rings (SSSR count). The van der Waals surface area contributed by atoms with Crippen LogP contribution in [0.15, 0.2) is 28.9 Å². The smallest absolute Gasteiger partial charge is 0.358 e. The van der Waals surface area contributed by atoms with Gasteiger partial charge in [0.1, 0.15) is 4.47 Å². The van der Waals surface area contributed by atoms with Gasteiger partial charge in [-0.1, -0.05) is 18.2 Å². The molecule has 1 heterocycles. The van der Waals surface area contributed by atoms with Gasteiger partial charge in [-0.05, 0) is 56.8 Å². The Morgan fingerprint density at radius 1 is 1.37 bits per heavy atom. The molecule has 0 N–H and O–H groups in total. The molecule has 1 aromatic heterocycles. The largest absolute Gasteiger partial charge is 0.404 e. The molecule has 5 nitrogen and oxygen atoms in total. The molecule has 6 heteroatoms. The van der Waals surface area contributed by atoms with E-state index in [0.29, 0.717) is 11.0 Å². The highest BCUT2D eigenvalue weighted by atomic mass is 79.9. The summed E-state index contributed by atoms with van der Waals surface area (Å²) in [6.45, 7) is 0.555. The summed E-state index contributed by atoms with van der Waals surface area (Å²) in [5, 5.41) is 14.7. The topological polar surface area (TPSA) is 61.0 Å². The second kappa shape index (κ2) is 4.77. The first-order valence-electron chi connectivity index (χ1n) is 6.11. The van der Waals surface area contributed by atoms with Gasteiger partial charge < -0.3 is 10.1 Å². The molecule has 0 unspecified atom stereocenters. The fraction of sp³-hybridized carbons (Fsp3) is 0.308. The number of nitro groups is 1. The van der Waals surface area contributed by atoms with E-state index in [4.69, 9.17) is 0 Å². The lowest BCUT2D eigenvalue weighted by Gasteiger charge is -2.03. The number of hydrogen-bond acceptors (Lipinski definition) is 3. The first-order valence-corrected chi connectivity index (χ1v) is 6.91. The Morgan fingerprint density at radius 2 is 2.16 bits per heavy atom. The van der Waals surface area contributed by atoms with Crippen LogP contribution in [0.2, 0.25) is 0 Å². The molecule has 0 radical (unpaired) electrons. The summed E-state index contributed by atoms with van der Waals surface area (Å²) in [6.07, 6.45) is 5.16. The normalized spacial score (nSPS) is 13.5. The van der Waals surface area contributed by atoms with Crippen LogP contribution in [0.25, 0.3) is 0 Å². The second-order valence-corrected chi connectivity index (χ2v) is 5.57. The van der Waals surface area contributed by atoms with Gasteiger partial charge >= 0.3 is 5.82 Å². The molecule has 0 bridgehead atoms. The standard InChI is InChI=1S/C13H12BrN3O2/c14-12-8-16(15-13(12)17(18)19)7-9-4-5-10-2-1-3-11(10)6-9/h4-6,8H,1-3,7H2. The van der Waals surface area contributed by atoms with E-state index in [1.807, 2.05) is 0 Å². The van der Waals surface area contributed by atoms with Crippen molar-refractivity contribution in [3.63, 3.8) is 0 Å². The third kappa shape index (κ3) is 2.40. The van der Waals surface area contributed by atoms with E-state index in [0.717, 1.165) is 18.4 Å². The third-order valence-electron chi connectivity index (χ3n) is 3.38. The van der Waals surface area contributed by atoms with Gasteiger partial charge in [-0.2, -0.15) is 4.68 Å². The van der Waals surface area contributed by atoms with Crippen molar-refractivity contribution in [2.24, 2.45) is 0 Å². The zero-order valence-electron chi connectivity index (χ0n) is 10.2. The average molecular weight is 322 g/mol. The molecule has 0 fully saturated rings. The Balaban J connectivity index is 1.85. The Labute approximate surface area is 118 Å². The number of aromatic nitrogens is 2. The summed E-state index contributed by atoms with van der Waals surface area (Å²) in [7, 11) is 0. The lowest BCUT2D eigenvalue weighted by atomic mass is 10.1. The van der Waals surface area contributed by atoms with E-state index in [2.05, 4.69) is 39.2 Å². The molecule has 98 valence electrons. The molecule has 0 amide bonds. The van der Waals surface area contributed by atoms with Crippen LogP contribution >= 0.6 is 15.9 Å². The Hall–Kier alpha value is -1.69. The van der Waals surface area contributed by atoms with E-state index in [9.17, 15) is 10.1 Å². The first-order chi connectivity index (χ1) is 9.13. The molecular weight excluding hydrogens is 310 g/mol. The van der Waals surface area contributed by atoms with Gasteiger partial charge in [0.25, 0.3) is 0 Å². The summed E-state index contributed by atoms with van der Waals surface area (Å²) in [5.74, 6) is -0.138. The number of rotatable bonds is 3. The van der Waals surface area contributed by atoms with E-state index >= 15 is 0 Å². The van der Waals surface area contributed by atoms with Gasteiger partial charge in [0.15, 0.2) is 0 Å². The maximum Gasteiger partial charge on any atom is 0.404 e. The van der Waals surface area contributed by atoms with Crippen LogP contribution in [0.3, 0.4) is 0 Å². The van der Waals surface area contributed by atoms with Crippen molar-refractivity contribution in [3.05, 3.63) is 55.7 Å². The first kappa shape index (κ1) is 12.3. The van der Waals surface area contributed by atoms with E-state index in [-0.39, 0.29) is 5.82 Å². The number of fused-ring (bicyclic) bond motifs is 1. The summed E-state index contributed by atoms with van der Waals surface area (Å²) in [4.78, 5) is 10.3. The van der Waals surface area contributed by atoms with Gasteiger partial charge in [0, 0.05) is 0 Å². The van der Waals surface area contributed by atoms with E-state index < -0.39 is 4.92 Å². The fourth-order valence-corrected chi connectivity index (χ4v) is 2.96. The van der Waals surface area contributed by atoms with Crippen LogP contribution in [-0.4, -0.2) is 14.7 Å². The predicted molar refractivity (Wildman–Crippen MR) is 74.2 cm³/mol. The van der Waals surface area contributed by atoms with Crippen molar-refractivity contribution in [1.29, 1.82) is 0 Å². The Morgan fingerprint density at radius 3 is 2.89 bits per heavy atom. The molecular formula is C13H12BrN3O2. The van der Waals surface area contributed by atoms with Crippen LogP contribution in [0.4, 0.5) is 5.82 Å². The summed E-state index contributed by atoms with van der Waals surface area (Å²) >= 11 is 3.16. The lowest BCUT2D eigenvalue weighted by Crippen LogP contribution is -2.02. The number of benzene rings is 1. The molecule has 0 spiro atoms. The zero-order valence-corrected chi connectivity index (χ0v) is 11.8. The molecule has 1 aromatic carbocycles. The molecule has 1 aliphatic rings. The highest BCUT2D eigenvalue weighted by Gasteiger charge is 2.19. The average Bonchev–Trinajstić information content (AvgIpc) is 2.95. The summed E-state index contributed by atoms with van der Waals surface area (Å²) < 4.78 is 2.01. The number of aryl methyl sites for hydroxylation is 2. The molecule has 0 saturated carbocycles. The van der Waals surface area contributed by atoms with Crippen molar-refractivity contribution in [3.8, 4) is 0 Å². The van der Waals surface area contributed by atoms with Crippen molar-refractivity contribution < 1.29 is 4.92 Å². The third-order valence-corrected chi connectivity index (χ3v) is 3.94. The van der Waals surface area contributed by atoms with Gasteiger partial charge in [0.2, 0.25) is 0 Å². The van der Waals surface area contributed by atoms with Crippen molar-refractivity contribution in [2.75, 3.05) is 0 Å². The van der Waals surface area contributed by atoms with Gasteiger partial charge in [0.05, 0.1) is 17.8 Å². The van der Waals surface area contributed by atoms with Crippen LogP contribution in [0, 0.1) is 10.1 Å². The Kier molecular flexibility index (Phi) is 3.10. The van der Waals surface area contributed by atoms with Crippen molar-refractivity contribution >= 4 is 21.7 Å². The highest BCUT2D eigenvalue weighted by Crippen LogP contribution is 2.25. The zero-order chi connectivity index (χ0) is 13.4. The predicted octanol–water partition coefficient (Wildman–Crippen LogP) is 3.09. The van der Waals surface area contributed by atoms with Crippen LogP contribution < -0.4 is 0 Å². The number of halogens is 1. The fourth-order valence-electron chi connectivity index (χ4n) is 2.50. The maximum absolute atomic E-state index is 10.7. The lowest BCUT2D eigenvalue weighted by molar-refractivity contribution is -0.390. The van der Waals surface area contributed by atoms with Crippen LogP contribution in [0.5, 0.6) is 0 Å². The minimum absolute atomic E-state index is 0.138. The Bertz CT molecular complexity index is 651. The van der Waals surface area contributed by atoms with Crippen LogP contribution in [0.1, 0.15) is 23.1 Å². The molecule has 2 aromatic rings. The van der Waals surface area contributed by atoms with Crippen LogP contribution in [-0.2, 0) is 19.4 Å². The van der Waals surface area contributed by atoms with Gasteiger partial charge in [-0.15, -0.1) is 0 Å². The second-order valence-electron chi connectivity index (χ2n) is 4.71. The van der Waals surface area contributed by atoms with Crippen molar-refractivity contribution in [1.82, 2.24) is 9.78 Å². The highest BCUT2D eigenvalue weighted by molar-refractivity contribution is 9.10. The number of nitrogens with zero attached hydrogens (tertiary/aromatic N) is 3. The van der Waals surface area contributed by atoms with E-state index in [1.165, 1.54) is 17.5 Å².